The van der Waals surface area contributed by atoms with Crippen LogP contribution in [0.2, 0.25) is 0 Å². The Balaban J connectivity index is 0.00000747. The fraction of sp³-hybridized carbons (Fsp3) is 0.164. The number of rotatable bonds is 13. The minimum Gasteiger partial charge on any atom is -0.501 e. The zero-order valence-electron chi connectivity index (χ0n) is 46.8. The van der Waals surface area contributed by atoms with Crippen molar-refractivity contribution in [1.82, 2.24) is 15.0 Å². The standard InChI is InChI=1S/C55H43N4O.Ir/c1-37(2)49-32-50-47-14-9-15-48(55(47)60-54(50)31-46(49)33-56)53-27-24-40(36-59-53)18-21-43-29-41(19-16-38-22-25-51(57-34-38)44-10-5-3-6-11-44)28-42(30-43)20-17-39-23-26-52(58-35-39)45-12-7-4-8-13-45;/h3-10,12,14,22-32,34-37H,16-21H2,1-2H3;/q-3;+3/i16D2,17D2,18D2,19D2,20D2,21D2,31D,37D;. The normalized spacial score (nSPS) is 16.1. The van der Waals surface area contributed by atoms with Gasteiger partial charge in [-0.05, 0) is 112 Å². The molecular formula is C55H43IrN4O. The van der Waals surface area contributed by atoms with Gasteiger partial charge in [0, 0.05) is 41.8 Å². The smallest absolute Gasteiger partial charge is 0.501 e. The zero-order valence-corrected chi connectivity index (χ0v) is 35.2. The van der Waals surface area contributed by atoms with Crippen LogP contribution in [0.5, 0.6) is 0 Å². The molecule has 9 rings (SSSR count). The van der Waals surface area contributed by atoms with Gasteiger partial charge >= 0.3 is 20.1 Å². The largest absolute Gasteiger partial charge is 3.00 e. The van der Waals surface area contributed by atoms with Gasteiger partial charge in [-0.1, -0.05) is 79.4 Å². The molecule has 9 aromatic rings. The summed E-state index contributed by atoms with van der Waals surface area (Å²) in [6, 6.07) is 41.1. The second kappa shape index (κ2) is 18.8. The molecule has 0 radical (unpaired) electrons. The number of aryl methyl sites for hydroxylation is 6. The maximum absolute atomic E-state index is 9.94. The fourth-order valence-electron chi connectivity index (χ4n) is 6.64. The van der Waals surface area contributed by atoms with Crippen molar-refractivity contribution in [2.75, 3.05) is 0 Å². The number of nitriles is 1. The molecule has 0 aliphatic heterocycles. The Bertz CT molecular complexity index is 3490. The Morgan fingerprint density at radius 3 is 1.57 bits per heavy atom. The molecule has 0 atom stereocenters. The Kier molecular flexibility index (Phi) is 8.44. The molecule has 0 spiro atoms. The van der Waals surface area contributed by atoms with E-state index < -0.39 is 60.8 Å². The van der Waals surface area contributed by atoms with Crippen LogP contribution in [0.25, 0.3) is 55.7 Å². The van der Waals surface area contributed by atoms with Crippen molar-refractivity contribution in [3.63, 3.8) is 0 Å². The third-order valence-electron chi connectivity index (χ3n) is 9.64. The van der Waals surface area contributed by atoms with Crippen LogP contribution in [0.1, 0.15) is 83.4 Å². The van der Waals surface area contributed by atoms with Crippen LogP contribution in [-0.2, 0) is 58.3 Å². The van der Waals surface area contributed by atoms with E-state index in [-0.39, 0.29) is 65.3 Å². The summed E-state index contributed by atoms with van der Waals surface area (Å²) < 4.78 is 136. The average molecular weight is 982 g/mol. The first-order chi connectivity index (χ1) is 34.7. The number of pyridine rings is 3. The minimum absolute atomic E-state index is 0. The molecule has 0 bridgehead atoms. The van der Waals surface area contributed by atoms with Crippen molar-refractivity contribution < 1.29 is 43.7 Å². The molecule has 4 aromatic heterocycles. The second-order valence-corrected chi connectivity index (χ2v) is 14.0. The van der Waals surface area contributed by atoms with Crippen LogP contribution >= 0.6 is 0 Å². The Labute approximate surface area is 391 Å². The molecule has 5 nitrogen and oxygen atoms in total. The molecule has 0 aliphatic rings. The van der Waals surface area contributed by atoms with Gasteiger partial charge in [-0.25, -0.2) is 0 Å². The van der Waals surface area contributed by atoms with Gasteiger partial charge in [0.05, 0.1) is 18.6 Å². The molecule has 5 aromatic carbocycles. The summed E-state index contributed by atoms with van der Waals surface area (Å²) in [5.41, 5.74) is 0.685. The summed E-state index contributed by atoms with van der Waals surface area (Å²) >= 11 is 0. The zero-order chi connectivity index (χ0) is 53.4. The van der Waals surface area contributed by atoms with Gasteiger partial charge in [-0.15, -0.1) is 90.0 Å². The third-order valence-corrected chi connectivity index (χ3v) is 9.64. The van der Waals surface area contributed by atoms with Crippen molar-refractivity contribution >= 4 is 21.9 Å². The van der Waals surface area contributed by atoms with E-state index in [0.717, 1.165) is 36.8 Å². The van der Waals surface area contributed by atoms with Crippen molar-refractivity contribution in [1.29, 1.82) is 5.26 Å². The number of aromatic nitrogens is 3. The Morgan fingerprint density at radius 2 is 1.13 bits per heavy atom. The predicted octanol–water partition coefficient (Wildman–Crippen LogP) is 12.5. The Hall–Kier alpha value is -6.51. The van der Waals surface area contributed by atoms with E-state index in [1.165, 1.54) is 36.4 Å². The van der Waals surface area contributed by atoms with Crippen molar-refractivity contribution in [3.8, 4) is 39.8 Å². The molecule has 0 saturated heterocycles. The van der Waals surface area contributed by atoms with E-state index in [4.69, 9.17) is 7.16 Å². The van der Waals surface area contributed by atoms with Crippen LogP contribution < -0.4 is 0 Å². The number of nitrogens with zero attached hydrogens (tertiary/aromatic N) is 4. The Morgan fingerprint density at radius 1 is 0.623 bits per heavy atom. The predicted molar refractivity (Wildman–Crippen MR) is 240 cm³/mol. The van der Waals surface area contributed by atoms with E-state index in [9.17, 15) is 21.7 Å². The molecule has 6 heteroatoms. The number of hydrogen-bond donors (Lipinski definition) is 0. The third kappa shape index (κ3) is 9.45. The molecule has 0 fully saturated rings. The summed E-state index contributed by atoms with van der Waals surface area (Å²) in [6.07, 6.45) is -14.9. The average Bonchev–Trinajstić information content (AvgIpc) is 3.78. The second-order valence-electron chi connectivity index (χ2n) is 14.0. The molecule has 0 amide bonds. The number of hydrogen-bond acceptors (Lipinski definition) is 5. The van der Waals surface area contributed by atoms with Crippen LogP contribution in [-0.4, -0.2) is 15.0 Å². The maximum Gasteiger partial charge on any atom is 3.00 e. The van der Waals surface area contributed by atoms with E-state index in [2.05, 4.69) is 33.2 Å². The summed E-state index contributed by atoms with van der Waals surface area (Å²) in [5.74, 6) is -1.22. The first-order valence-corrected chi connectivity index (χ1v) is 19.1. The van der Waals surface area contributed by atoms with Gasteiger partial charge in [0.25, 0.3) is 0 Å². The molecule has 4 heterocycles. The van der Waals surface area contributed by atoms with Crippen molar-refractivity contribution in [3.05, 3.63) is 209 Å². The van der Waals surface area contributed by atoms with Gasteiger partial charge in [-0.3, -0.25) is 0 Å². The van der Waals surface area contributed by atoms with E-state index in [1.807, 2.05) is 6.07 Å². The van der Waals surface area contributed by atoms with E-state index in [1.54, 1.807) is 80.6 Å². The molecule has 0 N–H and O–H groups in total. The monoisotopic (exact) mass is 982 g/mol. The number of fused-ring (bicyclic) bond motifs is 3. The molecule has 0 unspecified atom stereocenters. The molecule has 298 valence electrons. The van der Waals surface area contributed by atoms with Gasteiger partial charge in [0.1, 0.15) is 5.58 Å². The summed E-state index contributed by atoms with van der Waals surface area (Å²) in [6.45, 7) is 3.23. The summed E-state index contributed by atoms with van der Waals surface area (Å²) in [7, 11) is 0. The van der Waals surface area contributed by atoms with Crippen molar-refractivity contribution in [2.24, 2.45) is 0 Å². The van der Waals surface area contributed by atoms with Gasteiger partial charge in [0.2, 0.25) is 0 Å². The quantitative estimate of drug-likeness (QED) is 0.108. The van der Waals surface area contributed by atoms with Crippen molar-refractivity contribution in [2.45, 2.75) is 58.0 Å². The van der Waals surface area contributed by atoms with Gasteiger partial charge < -0.3 is 19.4 Å². The SMILES string of the molecule is [2H]c1c(C#N)c(C([2H])(C)C)cc2c1oc1c(-c3ccc(C([2H])([2H])C([2H])([2H])c4cc(C([2H])([2H])C([2H])([2H])c5ccc(-c6[c-]cccc6)nc5)cc(C([2H])([2H])C([2H])([2H])c5ccc(-c6[c-]cccc6)nc5)c4)cn3)[c-]ccc12.[Ir+3]. The summed E-state index contributed by atoms with van der Waals surface area (Å²) in [4.78, 5) is 13.2. The number of furan rings is 1. The molecule has 0 saturated carbocycles. The topological polar surface area (TPSA) is 75.6 Å². The van der Waals surface area contributed by atoms with E-state index in [0.29, 0.717) is 44.4 Å². The first kappa shape index (κ1) is 27.4. The van der Waals surface area contributed by atoms with Crippen LogP contribution in [0.15, 0.2) is 150 Å². The summed E-state index contributed by atoms with van der Waals surface area (Å²) in [5, 5.41) is 11.0. The van der Waals surface area contributed by atoms with E-state index >= 15 is 0 Å². The van der Waals surface area contributed by atoms with Gasteiger partial charge in [0.15, 0.2) is 0 Å². The van der Waals surface area contributed by atoms with Crippen LogP contribution in [0.4, 0.5) is 0 Å². The molecular weight excluding hydrogens is 925 g/mol. The first-order valence-electron chi connectivity index (χ1n) is 26.1. The fourth-order valence-corrected chi connectivity index (χ4v) is 6.64. The van der Waals surface area contributed by atoms with Crippen LogP contribution in [0, 0.1) is 29.5 Å². The van der Waals surface area contributed by atoms with Gasteiger partial charge in [-0.2, -0.15) is 5.26 Å². The number of benzene rings is 5. The molecule has 0 aliphatic carbocycles. The van der Waals surface area contributed by atoms with Crippen LogP contribution in [0.3, 0.4) is 0 Å². The maximum atomic E-state index is 9.94. The molecule has 61 heavy (non-hydrogen) atoms. The minimum atomic E-state index is -3.17.